The van der Waals surface area contributed by atoms with Gasteiger partial charge in [-0.2, -0.15) is 4.98 Å². The summed E-state index contributed by atoms with van der Waals surface area (Å²) >= 11 is 0. The third-order valence-electron chi connectivity index (χ3n) is 6.70. The highest BCUT2D eigenvalue weighted by Crippen LogP contribution is 2.38. The lowest BCUT2D eigenvalue weighted by atomic mass is 10.1. The van der Waals surface area contributed by atoms with Gasteiger partial charge in [0.15, 0.2) is 5.58 Å². The van der Waals surface area contributed by atoms with Gasteiger partial charge in [-0.25, -0.2) is 9.97 Å². The second-order valence-electron chi connectivity index (χ2n) is 9.22. The Kier molecular flexibility index (Phi) is 6.92. The number of methoxy groups -OCH3 is 1. The minimum atomic E-state index is -1.07. The minimum Gasteiger partial charge on any atom is -0.481 e. The first kappa shape index (κ1) is 24.9. The number of aliphatic hydroxyl groups excluding tert-OH is 3. The molecule has 1 fully saturated rings. The molecule has 11 heteroatoms. The van der Waals surface area contributed by atoms with E-state index in [0.29, 0.717) is 58.9 Å². The molecule has 0 aliphatic heterocycles. The van der Waals surface area contributed by atoms with Crippen molar-refractivity contribution in [2.45, 2.75) is 45.1 Å². The van der Waals surface area contributed by atoms with Crippen LogP contribution in [-0.2, 0) is 6.54 Å². The lowest BCUT2D eigenvalue weighted by Gasteiger charge is -2.21. The largest absolute Gasteiger partial charge is 0.481 e. The van der Waals surface area contributed by atoms with Crippen LogP contribution in [0.15, 0.2) is 40.9 Å². The van der Waals surface area contributed by atoms with Crippen LogP contribution in [0.4, 0.5) is 11.8 Å². The number of anilines is 2. The summed E-state index contributed by atoms with van der Waals surface area (Å²) in [6, 6.07) is 8.80. The van der Waals surface area contributed by atoms with Crippen LogP contribution in [-0.4, -0.2) is 67.2 Å². The van der Waals surface area contributed by atoms with Crippen molar-refractivity contribution in [2.24, 2.45) is 5.92 Å². The van der Waals surface area contributed by atoms with E-state index in [9.17, 15) is 15.3 Å². The maximum atomic E-state index is 10.6. The summed E-state index contributed by atoms with van der Waals surface area (Å²) in [6.45, 7) is 3.90. The Balaban J connectivity index is 1.55. The van der Waals surface area contributed by atoms with E-state index in [1.54, 1.807) is 19.4 Å². The van der Waals surface area contributed by atoms with E-state index in [1.165, 1.54) is 0 Å². The Morgan fingerprint density at radius 2 is 1.92 bits per heavy atom. The topological polar surface area (TPSA) is 159 Å². The Hall–Kier alpha value is -3.80. The lowest BCUT2D eigenvalue weighted by molar-refractivity contribution is 0.00446. The van der Waals surface area contributed by atoms with E-state index < -0.39 is 24.2 Å². The van der Waals surface area contributed by atoms with Gasteiger partial charge < -0.3 is 35.1 Å². The smallest absolute Gasteiger partial charge is 0.225 e. The molecule has 0 spiro atoms. The molecule has 4 heterocycles. The number of aliphatic hydroxyl groups is 3. The summed E-state index contributed by atoms with van der Waals surface area (Å²) in [5, 5.41) is 37.9. The molecule has 4 aromatic heterocycles. The molecule has 37 heavy (non-hydrogen) atoms. The zero-order chi connectivity index (χ0) is 26.1. The third kappa shape index (κ3) is 4.93. The van der Waals surface area contributed by atoms with Gasteiger partial charge in [-0.3, -0.25) is 4.98 Å². The van der Waals surface area contributed by atoms with Crippen molar-refractivity contribution in [1.29, 1.82) is 0 Å². The molecule has 0 unspecified atom stereocenters. The first-order valence-corrected chi connectivity index (χ1v) is 12.1. The molecule has 0 radical (unpaired) electrons. The number of ether oxygens (including phenoxy) is 1. The summed E-state index contributed by atoms with van der Waals surface area (Å²) in [6.07, 6.45) is -0.0189. The Morgan fingerprint density at radius 3 is 2.62 bits per heavy atom. The van der Waals surface area contributed by atoms with Crippen molar-refractivity contribution in [1.82, 2.24) is 19.9 Å². The number of pyridine rings is 2. The van der Waals surface area contributed by atoms with Crippen LogP contribution in [0.2, 0.25) is 0 Å². The molecular weight excluding hydrogens is 476 g/mol. The molecule has 4 aromatic rings. The van der Waals surface area contributed by atoms with Gasteiger partial charge in [0.2, 0.25) is 11.8 Å². The van der Waals surface area contributed by atoms with E-state index >= 15 is 0 Å². The highest BCUT2D eigenvalue weighted by atomic mass is 16.5. The van der Waals surface area contributed by atoms with Gasteiger partial charge >= 0.3 is 0 Å². The van der Waals surface area contributed by atoms with Crippen LogP contribution in [0.5, 0.6) is 5.88 Å². The summed E-state index contributed by atoms with van der Waals surface area (Å²) in [5.41, 5.74) is 3.39. The zero-order valence-electron chi connectivity index (χ0n) is 20.8. The Morgan fingerprint density at radius 1 is 1.08 bits per heavy atom. The van der Waals surface area contributed by atoms with E-state index in [2.05, 4.69) is 25.6 Å². The molecule has 1 aliphatic carbocycles. The molecule has 0 aromatic carbocycles. The molecule has 4 atom stereocenters. The zero-order valence-corrected chi connectivity index (χ0v) is 20.8. The first-order valence-electron chi connectivity index (χ1n) is 12.1. The highest BCUT2D eigenvalue weighted by Gasteiger charge is 2.41. The van der Waals surface area contributed by atoms with Crippen LogP contribution in [0.3, 0.4) is 0 Å². The van der Waals surface area contributed by atoms with Gasteiger partial charge in [0.05, 0.1) is 48.4 Å². The summed E-state index contributed by atoms with van der Waals surface area (Å²) in [5.74, 6) is 1.37. The van der Waals surface area contributed by atoms with E-state index in [0.717, 1.165) is 11.1 Å². The van der Waals surface area contributed by atoms with Gasteiger partial charge in [0, 0.05) is 30.2 Å². The van der Waals surface area contributed by atoms with Gasteiger partial charge in [-0.05, 0) is 38.5 Å². The SMILES string of the molecule is COc1cc2cc(-c3c(C)nc(NCc4ccccn4)nc3N[C@@H]3C[C@H](CO)[C@@H](O)[C@H]3O)oc2c(C)n1. The quantitative estimate of drug-likeness (QED) is 0.239. The predicted octanol–water partition coefficient (Wildman–Crippen LogP) is 2.43. The summed E-state index contributed by atoms with van der Waals surface area (Å²) in [7, 11) is 1.56. The first-order chi connectivity index (χ1) is 17.9. The van der Waals surface area contributed by atoms with Gasteiger partial charge in [0.1, 0.15) is 17.7 Å². The van der Waals surface area contributed by atoms with E-state index in [-0.39, 0.29) is 6.61 Å². The van der Waals surface area contributed by atoms with Crippen molar-refractivity contribution in [3.05, 3.63) is 53.6 Å². The van der Waals surface area contributed by atoms with Gasteiger partial charge in [-0.15, -0.1) is 0 Å². The number of hydrogen-bond donors (Lipinski definition) is 5. The second-order valence-corrected chi connectivity index (χ2v) is 9.22. The fourth-order valence-corrected chi connectivity index (χ4v) is 4.75. The Labute approximate surface area is 213 Å². The molecule has 11 nitrogen and oxygen atoms in total. The lowest BCUT2D eigenvalue weighted by Crippen LogP contribution is -2.35. The van der Waals surface area contributed by atoms with Crippen molar-refractivity contribution in [2.75, 3.05) is 24.4 Å². The number of rotatable bonds is 8. The molecule has 0 amide bonds. The van der Waals surface area contributed by atoms with Crippen molar-refractivity contribution >= 4 is 22.7 Å². The summed E-state index contributed by atoms with van der Waals surface area (Å²) < 4.78 is 11.5. The van der Waals surface area contributed by atoms with Gasteiger partial charge in [0.25, 0.3) is 0 Å². The van der Waals surface area contributed by atoms with Crippen LogP contribution in [0.25, 0.3) is 22.3 Å². The fourth-order valence-electron chi connectivity index (χ4n) is 4.75. The molecule has 0 saturated heterocycles. The normalized spacial score (nSPS) is 21.4. The van der Waals surface area contributed by atoms with Crippen LogP contribution >= 0.6 is 0 Å². The molecule has 1 aliphatic rings. The average Bonchev–Trinajstić information content (AvgIpc) is 3.44. The molecule has 194 valence electrons. The maximum Gasteiger partial charge on any atom is 0.225 e. The number of aromatic nitrogens is 4. The number of hydrogen-bond acceptors (Lipinski definition) is 11. The van der Waals surface area contributed by atoms with Gasteiger partial charge in [-0.1, -0.05) is 6.07 Å². The maximum absolute atomic E-state index is 10.6. The summed E-state index contributed by atoms with van der Waals surface area (Å²) in [4.78, 5) is 18.1. The molecule has 5 rings (SSSR count). The molecule has 0 bridgehead atoms. The number of aryl methyl sites for hydroxylation is 2. The monoisotopic (exact) mass is 506 g/mol. The van der Waals surface area contributed by atoms with Crippen molar-refractivity contribution in [3.8, 4) is 17.2 Å². The second kappa shape index (κ2) is 10.3. The number of furan rings is 1. The number of nitrogens with zero attached hydrogens (tertiary/aromatic N) is 4. The number of fused-ring (bicyclic) bond motifs is 1. The highest BCUT2D eigenvalue weighted by molar-refractivity contribution is 5.88. The van der Waals surface area contributed by atoms with Crippen LogP contribution in [0.1, 0.15) is 23.5 Å². The van der Waals surface area contributed by atoms with E-state index in [4.69, 9.17) is 14.1 Å². The average molecular weight is 507 g/mol. The molecule has 1 saturated carbocycles. The number of nitrogens with one attached hydrogen (secondary N) is 2. The Bertz CT molecular complexity index is 1400. The molecular formula is C26H30N6O5. The van der Waals surface area contributed by atoms with Crippen molar-refractivity contribution in [3.63, 3.8) is 0 Å². The molecule has 5 N–H and O–H groups in total. The standard InChI is InChI=1S/C26H30N6O5/c1-13-21(19-9-15-10-20(36-3)29-14(2)24(15)37-19)25(31-18-8-16(12-33)22(34)23(18)35)32-26(30-13)28-11-17-6-4-5-7-27-17/h4-7,9-10,16,18,22-23,33-35H,8,11-12H2,1-3H3,(H2,28,30,31,32)/t16-,18-,22-,23+/m1/s1. The fraction of sp³-hybridized carbons (Fsp3) is 0.385. The predicted molar refractivity (Wildman–Crippen MR) is 137 cm³/mol. The van der Waals surface area contributed by atoms with Crippen LogP contribution < -0.4 is 15.4 Å². The van der Waals surface area contributed by atoms with Crippen LogP contribution in [0, 0.1) is 19.8 Å². The van der Waals surface area contributed by atoms with E-state index in [1.807, 2.05) is 38.1 Å². The third-order valence-corrected chi connectivity index (χ3v) is 6.70. The van der Waals surface area contributed by atoms with Crippen molar-refractivity contribution < 1.29 is 24.5 Å². The minimum absolute atomic E-state index is 0.222.